The van der Waals surface area contributed by atoms with Crippen LogP contribution in [0.4, 0.5) is 0 Å². The van der Waals surface area contributed by atoms with Gasteiger partial charge in [0.25, 0.3) is 5.91 Å². The summed E-state index contributed by atoms with van der Waals surface area (Å²) >= 11 is 3.17. The van der Waals surface area contributed by atoms with E-state index in [0.717, 1.165) is 5.82 Å². The molecule has 6 nitrogen and oxygen atoms in total. The SMILES string of the molecule is Cc1nc(CN(C)C(=O)c2ccoc2Br)n[nH]1. The number of nitrogens with one attached hydrogen (secondary N) is 1. The fraction of sp³-hybridized carbons (Fsp3) is 0.300. The molecule has 0 aliphatic carbocycles. The maximum atomic E-state index is 12.0. The number of halogens is 1. The molecule has 1 N–H and O–H groups in total. The van der Waals surface area contributed by atoms with Gasteiger partial charge in [0, 0.05) is 7.05 Å². The van der Waals surface area contributed by atoms with Gasteiger partial charge >= 0.3 is 0 Å². The Bertz CT molecular complexity index is 534. The number of aryl methyl sites for hydroxylation is 1. The van der Waals surface area contributed by atoms with Crippen molar-refractivity contribution in [2.24, 2.45) is 0 Å². The Hall–Kier alpha value is -1.63. The van der Waals surface area contributed by atoms with Gasteiger partial charge in [0.2, 0.25) is 0 Å². The lowest BCUT2D eigenvalue weighted by molar-refractivity contribution is 0.0779. The average molecular weight is 299 g/mol. The zero-order valence-electron chi connectivity index (χ0n) is 9.40. The molecule has 0 aliphatic rings. The highest BCUT2D eigenvalue weighted by atomic mass is 79.9. The molecule has 2 aromatic rings. The van der Waals surface area contributed by atoms with Crippen LogP contribution in [0.2, 0.25) is 0 Å². The molecule has 2 heterocycles. The Morgan fingerprint density at radius 3 is 2.94 bits per heavy atom. The Kier molecular flexibility index (Phi) is 3.28. The third-order valence-corrected chi connectivity index (χ3v) is 2.83. The van der Waals surface area contributed by atoms with Crippen molar-refractivity contribution >= 4 is 21.8 Å². The lowest BCUT2D eigenvalue weighted by atomic mass is 10.3. The molecule has 0 aromatic carbocycles. The van der Waals surface area contributed by atoms with Crippen molar-refractivity contribution in [3.8, 4) is 0 Å². The topological polar surface area (TPSA) is 75.0 Å². The van der Waals surface area contributed by atoms with E-state index in [1.807, 2.05) is 6.92 Å². The first kappa shape index (κ1) is 11.8. The summed E-state index contributed by atoms with van der Waals surface area (Å²) in [5.41, 5.74) is 0.486. The van der Waals surface area contributed by atoms with Gasteiger partial charge < -0.3 is 9.32 Å². The minimum atomic E-state index is -0.145. The van der Waals surface area contributed by atoms with E-state index in [1.165, 1.54) is 11.2 Å². The predicted octanol–water partition coefficient (Wildman–Crippen LogP) is 1.74. The standard InChI is InChI=1S/C10H11BrN4O2/c1-6-12-8(14-13-6)5-15(2)10(16)7-3-4-17-9(7)11/h3-4H,5H2,1-2H3,(H,12,13,14). The number of nitrogens with zero attached hydrogens (tertiary/aromatic N) is 3. The summed E-state index contributed by atoms with van der Waals surface area (Å²) in [6.45, 7) is 2.16. The lowest BCUT2D eigenvalue weighted by Crippen LogP contribution is -2.26. The van der Waals surface area contributed by atoms with Crippen LogP contribution in [0.25, 0.3) is 0 Å². The van der Waals surface area contributed by atoms with Crippen molar-refractivity contribution in [3.63, 3.8) is 0 Å². The summed E-state index contributed by atoms with van der Waals surface area (Å²) in [5, 5.41) is 6.71. The molecule has 0 fully saturated rings. The van der Waals surface area contributed by atoms with Crippen LogP contribution in [-0.4, -0.2) is 33.0 Å². The highest BCUT2D eigenvalue weighted by Gasteiger charge is 2.18. The molecule has 0 spiro atoms. The van der Waals surface area contributed by atoms with Gasteiger partial charge in [0.15, 0.2) is 10.5 Å². The quantitative estimate of drug-likeness (QED) is 0.936. The van der Waals surface area contributed by atoms with Crippen LogP contribution >= 0.6 is 15.9 Å². The van der Waals surface area contributed by atoms with Gasteiger partial charge in [-0.15, -0.1) is 0 Å². The molecule has 0 atom stereocenters. The number of furan rings is 1. The first-order valence-electron chi connectivity index (χ1n) is 4.94. The minimum absolute atomic E-state index is 0.145. The number of carbonyl (C=O) groups excluding carboxylic acids is 1. The summed E-state index contributed by atoms with van der Waals surface area (Å²) in [6.07, 6.45) is 1.46. The normalized spacial score (nSPS) is 10.5. The molecule has 0 saturated heterocycles. The Balaban J connectivity index is 2.08. The van der Waals surface area contributed by atoms with Crippen LogP contribution in [0.1, 0.15) is 22.0 Å². The highest BCUT2D eigenvalue weighted by Crippen LogP contribution is 2.19. The zero-order valence-corrected chi connectivity index (χ0v) is 11.0. The van der Waals surface area contributed by atoms with Crippen molar-refractivity contribution in [2.45, 2.75) is 13.5 Å². The van der Waals surface area contributed by atoms with E-state index < -0.39 is 0 Å². The van der Waals surface area contributed by atoms with Gasteiger partial charge in [-0.1, -0.05) is 0 Å². The van der Waals surface area contributed by atoms with E-state index in [1.54, 1.807) is 13.1 Å². The smallest absolute Gasteiger partial charge is 0.258 e. The number of H-pyrrole nitrogens is 1. The molecule has 0 saturated carbocycles. The summed E-state index contributed by atoms with van der Waals surface area (Å²) in [6, 6.07) is 1.62. The number of amides is 1. The van der Waals surface area contributed by atoms with E-state index in [9.17, 15) is 4.79 Å². The second-order valence-corrected chi connectivity index (χ2v) is 4.33. The molecule has 17 heavy (non-hydrogen) atoms. The fourth-order valence-corrected chi connectivity index (χ4v) is 1.81. The van der Waals surface area contributed by atoms with Crippen LogP contribution in [0.3, 0.4) is 0 Å². The Labute approximate surface area is 106 Å². The molecule has 2 aromatic heterocycles. The van der Waals surface area contributed by atoms with Crippen molar-refractivity contribution in [3.05, 3.63) is 34.2 Å². The molecule has 0 bridgehead atoms. The van der Waals surface area contributed by atoms with Gasteiger partial charge in [0.05, 0.1) is 18.4 Å². The summed E-state index contributed by atoms with van der Waals surface area (Å²) < 4.78 is 5.45. The molecule has 2 rings (SSSR count). The third kappa shape index (κ3) is 2.55. The summed E-state index contributed by atoms with van der Waals surface area (Å²) in [7, 11) is 1.69. The molecule has 7 heteroatoms. The van der Waals surface area contributed by atoms with E-state index >= 15 is 0 Å². The molecular weight excluding hydrogens is 288 g/mol. The van der Waals surface area contributed by atoms with E-state index in [4.69, 9.17) is 4.42 Å². The fourth-order valence-electron chi connectivity index (χ4n) is 1.40. The monoisotopic (exact) mass is 298 g/mol. The molecule has 0 radical (unpaired) electrons. The molecular formula is C10H11BrN4O2. The minimum Gasteiger partial charge on any atom is -0.457 e. The average Bonchev–Trinajstić information content (AvgIpc) is 2.86. The van der Waals surface area contributed by atoms with Crippen LogP contribution in [0, 0.1) is 6.92 Å². The maximum Gasteiger partial charge on any atom is 0.258 e. The predicted molar refractivity (Wildman–Crippen MR) is 63.3 cm³/mol. The van der Waals surface area contributed by atoms with Crippen LogP contribution < -0.4 is 0 Å². The number of carbonyl (C=O) groups is 1. The van der Waals surface area contributed by atoms with Gasteiger partial charge in [-0.2, -0.15) is 5.10 Å². The van der Waals surface area contributed by atoms with Crippen molar-refractivity contribution < 1.29 is 9.21 Å². The number of aromatic amines is 1. The largest absolute Gasteiger partial charge is 0.457 e. The molecule has 0 aliphatic heterocycles. The number of rotatable bonds is 3. The van der Waals surface area contributed by atoms with Gasteiger partial charge in [-0.3, -0.25) is 9.89 Å². The van der Waals surface area contributed by atoms with E-state index in [2.05, 4.69) is 31.1 Å². The first-order valence-corrected chi connectivity index (χ1v) is 5.73. The number of hydrogen-bond acceptors (Lipinski definition) is 4. The first-order chi connectivity index (χ1) is 8.08. The van der Waals surface area contributed by atoms with Crippen molar-refractivity contribution in [1.29, 1.82) is 0 Å². The maximum absolute atomic E-state index is 12.0. The van der Waals surface area contributed by atoms with Gasteiger partial charge in [0.1, 0.15) is 5.82 Å². The number of hydrogen-bond donors (Lipinski definition) is 1. The second kappa shape index (κ2) is 4.70. The molecule has 1 amide bonds. The number of aromatic nitrogens is 3. The van der Waals surface area contributed by atoms with Crippen molar-refractivity contribution in [1.82, 2.24) is 20.1 Å². The summed E-state index contributed by atoms with van der Waals surface area (Å²) in [5.74, 6) is 1.16. The summed E-state index contributed by atoms with van der Waals surface area (Å²) in [4.78, 5) is 17.7. The van der Waals surface area contributed by atoms with Crippen molar-refractivity contribution in [2.75, 3.05) is 7.05 Å². The lowest BCUT2D eigenvalue weighted by Gasteiger charge is -2.14. The van der Waals surface area contributed by atoms with Crippen LogP contribution in [0.5, 0.6) is 0 Å². The van der Waals surface area contributed by atoms with E-state index in [-0.39, 0.29) is 5.91 Å². The zero-order chi connectivity index (χ0) is 12.4. The second-order valence-electron chi connectivity index (χ2n) is 3.61. The van der Waals surface area contributed by atoms with Gasteiger partial charge in [-0.05, 0) is 28.9 Å². The van der Waals surface area contributed by atoms with Crippen LogP contribution in [0.15, 0.2) is 21.4 Å². The molecule has 0 unspecified atom stereocenters. The Morgan fingerprint density at radius 2 is 2.41 bits per heavy atom. The third-order valence-electron chi connectivity index (χ3n) is 2.22. The highest BCUT2D eigenvalue weighted by molar-refractivity contribution is 9.10. The van der Waals surface area contributed by atoms with Gasteiger partial charge in [-0.25, -0.2) is 4.98 Å². The molecule has 90 valence electrons. The van der Waals surface area contributed by atoms with Crippen LogP contribution in [-0.2, 0) is 6.54 Å². The Morgan fingerprint density at radius 1 is 1.65 bits per heavy atom. The van der Waals surface area contributed by atoms with E-state index in [0.29, 0.717) is 22.6 Å².